The summed E-state index contributed by atoms with van der Waals surface area (Å²) in [6.07, 6.45) is 4.34. The lowest BCUT2D eigenvalue weighted by Gasteiger charge is -2.31. The van der Waals surface area contributed by atoms with Crippen LogP contribution in [-0.2, 0) is 0 Å². The molecule has 3 nitrogen and oxygen atoms in total. The lowest BCUT2D eigenvalue weighted by Crippen LogP contribution is -2.42. The molecule has 0 radical (unpaired) electrons. The second-order valence-electron chi connectivity index (χ2n) is 6.35. The van der Waals surface area contributed by atoms with Gasteiger partial charge >= 0.3 is 0 Å². The van der Waals surface area contributed by atoms with E-state index in [2.05, 4.69) is 0 Å². The molecular formula is C17H22FNO2. The van der Waals surface area contributed by atoms with Crippen molar-refractivity contribution >= 4 is 5.91 Å². The summed E-state index contributed by atoms with van der Waals surface area (Å²) in [4.78, 5) is 14.5. The van der Waals surface area contributed by atoms with Gasteiger partial charge in [-0.1, -0.05) is 18.1 Å². The predicted molar refractivity (Wildman–Crippen MR) is 78.5 cm³/mol. The second-order valence-corrected chi connectivity index (χ2v) is 6.35. The first-order valence-corrected chi connectivity index (χ1v) is 7.83. The lowest BCUT2D eigenvalue weighted by molar-refractivity contribution is 0.0524. The number of hydrogen-bond acceptors (Lipinski definition) is 2. The molecule has 1 aromatic carbocycles. The summed E-state index contributed by atoms with van der Waals surface area (Å²) in [6, 6.07) is 4.72. The molecule has 1 heterocycles. The first-order chi connectivity index (χ1) is 10.1. The molecule has 3 rings (SSSR count). The van der Waals surface area contributed by atoms with Crippen molar-refractivity contribution in [1.82, 2.24) is 4.90 Å². The number of carbonyl (C=O) groups excluding carboxylic acids is 1. The Bertz CT molecular complexity index is 546. The van der Waals surface area contributed by atoms with Crippen molar-refractivity contribution in [2.24, 2.45) is 5.92 Å². The minimum atomic E-state index is -0.455. The molecule has 0 bridgehead atoms. The molecule has 2 fully saturated rings. The molecule has 1 saturated heterocycles. The van der Waals surface area contributed by atoms with E-state index < -0.39 is 5.82 Å². The molecular weight excluding hydrogens is 269 g/mol. The highest BCUT2D eigenvalue weighted by atomic mass is 19.1. The number of aryl methyl sites for hydroxylation is 1. The number of benzene rings is 1. The molecule has 1 aliphatic carbocycles. The summed E-state index contributed by atoms with van der Waals surface area (Å²) in [6.45, 7) is 2.53. The van der Waals surface area contributed by atoms with E-state index in [0.29, 0.717) is 6.54 Å². The van der Waals surface area contributed by atoms with Crippen molar-refractivity contribution in [3.63, 3.8) is 0 Å². The number of aliphatic hydroxyl groups excluding tert-OH is 1. The summed E-state index contributed by atoms with van der Waals surface area (Å²) in [5, 5.41) is 10.1. The Morgan fingerprint density at radius 1 is 1.29 bits per heavy atom. The normalized spacial score (nSPS) is 29.1. The molecule has 1 N–H and O–H groups in total. The fourth-order valence-corrected chi connectivity index (χ4v) is 3.87. The monoisotopic (exact) mass is 291 g/mol. The van der Waals surface area contributed by atoms with E-state index >= 15 is 0 Å². The quantitative estimate of drug-likeness (QED) is 0.910. The highest BCUT2D eigenvalue weighted by molar-refractivity contribution is 5.95. The number of nitrogens with zero attached hydrogens (tertiary/aromatic N) is 1. The van der Waals surface area contributed by atoms with Crippen LogP contribution in [0.25, 0.3) is 0 Å². The topological polar surface area (TPSA) is 40.5 Å². The molecule has 1 aliphatic heterocycles. The van der Waals surface area contributed by atoms with Crippen molar-refractivity contribution in [3.05, 3.63) is 35.1 Å². The van der Waals surface area contributed by atoms with Gasteiger partial charge < -0.3 is 10.0 Å². The smallest absolute Gasteiger partial charge is 0.257 e. The Balaban J connectivity index is 1.84. The van der Waals surface area contributed by atoms with Crippen LogP contribution in [0.15, 0.2) is 18.2 Å². The number of hydrogen-bond donors (Lipinski definition) is 1. The molecule has 21 heavy (non-hydrogen) atoms. The molecule has 4 heteroatoms. The third-order valence-corrected chi connectivity index (χ3v) is 4.94. The zero-order valence-corrected chi connectivity index (χ0v) is 12.4. The highest BCUT2D eigenvalue weighted by Gasteiger charge is 2.40. The number of amides is 1. The van der Waals surface area contributed by atoms with Crippen molar-refractivity contribution in [2.75, 3.05) is 6.54 Å². The van der Waals surface area contributed by atoms with Crippen molar-refractivity contribution in [2.45, 2.75) is 51.2 Å². The maximum absolute atomic E-state index is 14.0. The number of rotatable bonds is 2. The van der Waals surface area contributed by atoms with Gasteiger partial charge in [0.1, 0.15) is 5.82 Å². The van der Waals surface area contributed by atoms with E-state index in [1.165, 1.54) is 6.07 Å². The van der Waals surface area contributed by atoms with Gasteiger partial charge in [-0.05, 0) is 44.7 Å². The molecule has 1 saturated carbocycles. The molecule has 3 unspecified atom stereocenters. The van der Waals surface area contributed by atoms with Crippen LogP contribution in [0.5, 0.6) is 0 Å². The fraction of sp³-hybridized carbons (Fsp3) is 0.588. The van der Waals surface area contributed by atoms with Gasteiger partial charge in [-0.3, -0.25) is 4.79 Å². The van der Waals surface area contributed by atoms with Gasteiger partial charge in [0, 0.05) is 18.5 Å². The van der Waals surface area contributed by atoms with E-state index in [4.69, 9.17) is 0 Å². The van der Waals surface area contributed by atoms with Crippen LogP contribution in [0.2, 0.25) is 0 Å². The van der Waals surface area contributed by atoms with Crippen LogP contribution in [0.3, 0.4) is 0 Å². The Labute approximate surface area is 124 Å². The third kappa shape index (κ3) is 2.69. The summed E-state index contributed by atoms with van der Waals surface area (Å²) < 4.78 is 14.0. The first kappa shape index (κ1) is 14.5. The maximum atomic E-state index is 14.0. The number of halogens is 1. The van der Waals surface area contributed by atoms with E-state index in [0.717, 1.165) is 37.7 Å². The lowest BCUT2D eigenvalue weighted by atomic mass is 9.93. The Kier molecular flexibility index (Phi) is 3.98. The van der Waals surface area contributed by atoms with Crippen molar-refractivity contribution in [3.8, 4) is 0 Å². The third-order valence-electron chi connectivity index (χ3n) is 4.94. The standard InChI is InChI=1S/C17H22FNO2/c1-11-7-8-14(18)13(10-11)17(21)19-9-3-5-15(19)12-4-2-6-16(12)20/h7-8,10,12,15-16,20H,2-6,9H2,1H3. The molecule has 114 valence electrons. The van der Waals surface area contributed by atoms with Crippen LogP contribution in [0, 0.1) is 18.7 Å². The maximum Gasteiger partial charge on any atom is 0.257 e. The highest BCUT2D eigenvalue weighted by Crippen LogP contribution is 2.36. The summed E-state index contributed by atoms with van der Waals surface area (Å²) in [5.74, 6) is -0.523. The van der Waals surface area contributed by atoms with Crippen molar-refractivity contribution in [1.29, 1.82) is 0 Å². The van der Waals surface area contributed by atoms with Gasteiger partial charge in [0.25, 0.3) is 5.91 Å². The zero-order valence-electron chi connectivity index (χ0n) is 12.4. The summed E-state index contributed by atoms with van der Waals surface area (Å²) in [7, 11) is 0. The molecule has 0 spiro atoms. The van der Waals surface area contributed by atoms with Crippen LogP contribution in [0.4, 0.5) is 4.39 Å². The second kappa shape index (κ2) is 5.76. The van der Waals surface area contributed by atoms with Crippen LogP contribution in [-0.4, -0.2) is 34.6 Å². The van der Waals surface area contributed by atoms with E-state index in [9.17, 15) is 14.3 Å². The number of likely N-dealkylation sites (tertiary alicyclic amines) is 1. The zero-order chi connectivity index (χ0) is 15.0. The Hall–Kier alpha value is -1.42. The van der Waals surface area contributed by atoms with E-state index in [-0.39, 0.29) is 29.5 Å². The van der Waals surface area contributed by atoms with E-state index in [1.807, 2.05) is 6.92 Å². The Morgan fingerprint density at radius 3 is 2.81 bits per heavy atom. The van der Waals surface area contributed by atoms with Gasteiger partial charge in [0.05, 0.1) is 11.7 Å². The van der Waals surface area contributed by atoms with Crippen LogP contribution >= 0.6 is 0 Å². The fourth-order valence-electron chi connectivity index (χ4n) is 3.87. The molecule has 3 atom stereocenters. The minimum absolute atomic E-state index is 0.0647. The van der Waals surface area contributed by atoms with Gasteiger partial charge in [0.15, 0.2) is 0 Å². The van der Waals surface area contributed by atoms with Gasteiger partial charge in [-0.2, -0.15) is 0 Å². The first-order valence-electron chi connectivity index (χ1n) is 7.83. The van der Waals surface area contributed by atoms with Crippen LogP contribution < -0.4 is 0 Å². The van der Waals surface area contributed by atoms with Crippen molar-refractivity contribution < 1.29 is 14.3 Å². The number of carbonyl (C=O) groups is 1. The van der Waals surface area contributed by atoms with Gasteiger partial charge in [-0.25, -0.2) is 4.39 Å². The summed E-state index contributed by atoms with van der Waals surface area (Å²) >= 11 is 0. The van der Waals surface area contributed by atoms with Crippen LogP contribution in [0.1, 0.15) is 48.0 Å². The molecule has 1 aromatic rings. The predicted octanol–water partition coefficient (Wildman–Crippen LogP) is 2.90. The summed E-state index contributed by atoms with van der Waals surface area (Å²) in [5.41, 5.74) is 1.05. The van der Waals surface area contributed by atoms with Gasteiger partial charge in [0.2, 0.25) is 0 Å². The number of aliphatic hydroxyl groups is 1. The molecule has 0 aromatic heterocycles. The minimum Gasteiger partial charge on any atom is -0.393 e. The van der Waals surface area contributed by atoms with E-state index in [1.54, 1.807) is 17.0 Å². The average molecular weight is 291 g/mol. The van der Waals surface area contributed by atoms with Gasteiger partial charge in [-0.15, -0.1) is 0 Å². The largest absolute Gasteiger partial charge is 0.393 e. The molecule has 1 amide bonds. The average Bonchev–Trinajstić information content (AvgIpc) is 3.08. The molecule has 2 aliphatic rings. The Morgan fingerprint density at radius 2 is 2.10 bits per heavy atom. The SMILES string of the molecule is Cc1ccc(F)c(C(=O)N2CCCC2C2CCCC2O)c1.